The molecule has 3 N–H and O–H groups in total. The average Bonchev–Trinajstić information content (AvgIpc) is 2.91. The van der Waals surface area contributed by atoms with Gasteiger partial charge in [0.05, 0.1) is 31.4 Å². The maximum atomic E-state index is 11.8. The van der Waals surface area contributed by atoms with Gasteiger partial charge in [-0.15, -0.1) is 0 Å². The van der Waals surface area contributed by atoms with Gasteiger partial charge in [-0.25, -0.2) is 0 Å². The van der Waals surface area contributed by atoms with E-state index in [0.717, 1.165) is 39.8 Å². The predicted octanol–water partition coefficient (Wildman–Crippen LogP) is 2.95. The molecule has 2 aromatic carbocycles. The molecule has 6 heteroatoms. The van der Waals surface area contributed by atoms with Crippen LogP contribution in [0.1, 0.15) is 15.9 Å². The summed E-state index contributed by atoms with van der Waals surface area (Å²) in [5.74, 6) is -0.104. The minimum Gasteiger partial charge on any atom is -0.496 e. The van der Waals surface area contributed by atoms with Crippen molar-refractivity contribution in [2.24, 2.45) is 5.73 Å². The van der Waals surface area contributed by atoms with Crippen molar-refractivity contribution in [2.75, 3.05) is 25.6 Å². The minimum atomic E-state index is -0.530. The number of hydrogen-bond donors (Lipinski definition) is 2. The maximum absolute atomic E-state index is 11.8. The van der Waals surface area contributed by atoms with Gasteiger partial charge in [0.2, 0.25) is 0 Å². The zero-order chi connectivity index (χ0) is 18.1. The molecule has 0 aliphatic carbocycles. The van der Waals surface area contributed by atoms with E-state index < -0.39 is 5.91 Å². The first-order valence-electron chi connectivity index (χ1n) is 8.39. The molecule has 1 aliphatic rings. The Morgan fingerprint density at radius 3 is 2.96 bits per heavy atom. The van der Waals surface area contributed by atoms with Crippen LogP contribution in [0.5, 0.6) is 5.75 Å². The van der Waals surface area contributed by atoms with Crippen molar-refractivity contribution >= 4 is 22.5 Å². The smallest absolute Gasteiger partial charge is 0.252 e. The third-order valence-electron chi connectivity index (χ3n) is 4.56. The molecule has 132 valence electrons. The largest absolute Gasteiger partial charge is 0.496 e. The van der Waals surface area contributed by atoms with Crippen LogP contribution in [0.4, 0.5) is 5.69 Å². The standard InChI is InChI=1S/C20H19N3O3/c1-25-19-10-18-15(9-16(19)20(21)24)14(4-5-22-18)12-2-3-17-13(8-12)11-26-7-6-23-17/h2-5,8-10,23H,6-7,11H2,1H3,(H2,21,24). The molecular formula is C20H19N3O3. The molecule has 0 radical (unpaired) electrons. The van der Waals surface area contributed by atoms with E-state index in [-0.39, 0.29) is 0 Å². The number of nitrogens with two attached hydrogens (primary N) is 1. The molecule has 6 nitrogen and oxygen atoms in total. The van der Waals surface area contributed by atoms with Gasteiger partial charge in [-0.3, -0.25) is 9.78 Å². The van der Waals surface area contributed by atoms with Gasteiger partial charge < -0.3 is 20.5 Å². The summed E-state index contributed by atoms with van der Waals surface area (Å²) in [6, 6.07) is 11.7. The van der Waals surface area contributed by atoms with E-state index in [0.29, 0.717) is 24.5 Å². The number of methoxy groups -OCH3 is 1. The van der Waals surface area contributed by atoms with Crippen LogP contribution in [0, 0.1) is 0 Å². The zero-order valence-corrected chi connectivity index (χ0v) is 14.4. The Balaban J connectivity index is 1.90. The molecule has 0 saturated heterocycles. The highest BCUT2D eigenvalue weighted by Crippen LogP contribution is 2.34. The topological polar surface area (TPSA) is 86.5 Å². The number of carbonyl (C=O) groups excluding carboxylic acids is 1. The quantitative estimate of drug-likeness (QED) is 0.759. The lowest BCUT2D eigenvalue weighted by Crippen LogP contribution is -2.12. The van der Waals surface area contributed by atoms with Crippen molar-refractivity contribution in [1.82, 2.24) is 4.98 Å². The molecule has 0 saturated carbocycles. The van der Waals surface area contributed by atoms with Crippen LogP contribution in [0.3, 0.4) is 0 Å². The van der Waals surface area contributed by atoms with Crippen molar-refractivity contribution in [3.05, 3.63) is 53.7 Å². The molecule has 0 bridgehead atoms. The molecule has 0 fully saturated rings. The Morgan fingerprint density at radius 1 is 1.27 bits per heavy atom. The van der Waals surface area contributed by atoms with Crippen molar-refractivity contribution < 1.29 is 14.3 Å². The summed E-state index contributed by atoms with van der Waals surface area (Å²) in [6.07, 6.45) is 1.75. The number of rotatable bonds is 3. The molecular weight excluding hydrogens is 330 g/mol. The van der Waals surface area contributed by atoms with Gasteiger partial charge in [-0.2, -0.15) is 0 Å². The summed E-state index contributed by atoms with van der Waals surface area (Å²) >= 11 is 0. The summed E-state index contributed by atoms with van der Waals surface area (Å²) < 4.78 is 10.9. The minimum absolute atomic E-state index is 0.342. The Kier molecular flexibility index (Phi) is 4.18. The summed E-state index contributed by atoms with van der Waals surface area (Å²) in [4.78, 5) is 16.2. The molecule has 1 aromatic heterocycles. The Hall–Kier alpha value is -3.12. The number of anilines is 1. The van der Waals surface area contributed by atoms with E-state index in [1.54, 1.807) is 18.3 Å². The van der Waals surface area contributed by atoms with Crippen molar-refractivity contribution in [3.63, 3.8) is 0 Å². The number of pyridine rings is 1. The molecule has 4 rings (SSSR count). The highest BCUT2D eigenvalue weighted by molar-refractivity contribution is 6.04. The Labute approximate surface area is 150 Å². The molecule has 1 aliphatic heterocycles. The molecule has 3 aromatic rings. The van der Waals surface area contributed by atoms with Gasteiger partial charge in [0.1, 0.15) is 5.75 Å². The fourth-order valence-corrected chi connectivity index (χ4v) is 3.28. The van der Waals surface area contributed by atoms with Gasteiger partial charge >= 0.3 is 0 Å². The van der Waals surface area contributed by atoms with Gasteiger partial charge in [-0.05, 0) is 35.4 Å². The maximum Gasteiger partial charge on any atom is 0.252 e. The van der Waals surface area contributed by atoms with Gasteiger partial charge in [0.25, 0.3) is 5.91 Å². The van der Waals surface area contributed by atoms with Crippen LogP contribution in [-0.2, 0) is 11.3 Å². The fraction of sp³-hybridized carbons (Fsp3) is 0.200. The number of amides is 1. The van der Waals surface area contributed by atoms with Gasteiger partial charge in [-0.1, -0.05) is 6.07 Å². The summed E-state index contributed by atoms with van der Waals surface area (Å²) in [6.45, 7) is 2.05. The number of nitrogens with one attached hydrogen (secondary N) is 1. The van der Waals surface area contributed by atoms with Crippen molar-refractivity contribution in [3.8, 4) is 16.9 Å². The predicted molar refractivity (Wildman–Crippen MR) is 100 cm³/mol. The molecule has 2 heterocycles. The van der Waals surface area contributed by atoms with Crippen LogP contribution in [0.2, 0.25) is 0 Å². The number of nitrogens with zero attached hydrogens (tertiary/aromatic N) is 1. The number of carbonyl (C=O) groups is 1. The summed E-state index contributed by atoms with van der Waals surface area (Å²) in [5.41, 5.74) is 10.8. The molecule has 1 amide bonds. The van der Waals surface area contributed by atoms with E-state index in [4.69, 9.17) is 15.2 Å². The van der Waals surface area contributed by atoms with Crippen LogP contribution in [0.15, 0.2) is 42.6 Å². The number of hydrogen-bond acceptors (Lipinski definition) is 5. The second-order valence-electron chi connectivity index (χ2n) is 6.14. The number of fused-ring (bicyclic) bond motifs is 2. The van der Waals surface area contributed by atoms with Crippen LogP contribution < -0.4 is 15.8 Å². The van der Waals surface area contributed by atoms with E-state index in [9.17, 15) is 4.79 Å². The van der Waals surface area contributed by atoms with Crippen LogP contribution >= 0.6 is 0 Å². The second kappa shape index (κ2) is 6.65. The Bertz CT molecular complexity index is 1000. The third-order valence-corrected chi connectivity index (χ3v) is 4.56. The first-order valence-corrected chi connectivity index (χ1v) is 8.39. The first kappa shape index (κ1) is 16.4. The molecule has 0 spiro atoms. The molecule has 26 heavy (non-hydrogen) atoms. The van der Waals surface area contributed by atoms with E-state index in [1.807, 2.05) is 6.07 Å². The van der Waals surface area contributed by atoms with Gasteiger partial charge in [0.15, 0.2) is 0 Å². The van der Waals surface area contributed by atoms with E-state index in [2.05, 4.69) is 28.5 Å². The highest BCUT2D eigenvalue weighted by atomic mass is 16.5. The second-order valence-corrected chi connectivity index (χ2v) is 6.14. The number of aromatic nitrogens is 1. The van der Waals surface area contributed by atoms with Crippen molar-refractivity contribution in [1.29, 1.82) is 0 Å². The number of primary amides is 1. The SMILES string of the molecule is COc1cc2nccc(-c3ccc4c(c3)COCCN4)c2cc1C(N)=O. The lowest BCUT2D eigenvalue weighted by Gasteiger charge is -2.13. The first-order chi connectivity index (χ1) is 12.7. The summed E-state index contributed by atoms with van der Waals surface area (Å²) in [5, 5.41) is 4.22. The van der Waals surface area contributed by atoms with Gasteiger partial charge in [0, 0.05) is 35.4 Å². The highest BCUT2D eigenvalue weighted by Gasteiger charge is 2.15. The Morgan fingerprint density at radius 2 is 2.15 bits per heavy atom. The van der Waals surface area contributed by atoms with E-state index >= 15 is 0 Å². The van der Waals surface area contributed by atoms with Crippen LogP contribution in [-0.4, -0.2) is 31.2 Å². The lowest BCUT2D eigenvalue weighted by atomic mass is 9.97. The number of benzene rings is 2. The van der Waals surface area contributed by atoms with E-state index in [1.165, 1.54) is 7.11 Å². The third kappa shape index (κ3) is 2.84. The normalized spacial score (nSPS) is 13.6. The monoisotopic (exact) mass is 349 g/mol. The van der Waals surface area contributed by atoms with Crippen LogP contribution in [0.25, 0.3) is 22.0 Å². The molecule has 0 unspecified atom stereocenters. The number of ether oxygens (including phenoxy) is 2. The van der Waals surface area contributed by atoms with Crippen molar-refractivity contribution in [2.45, 2.75) is 6.61 Å². The zero-order valence-electron chi connectivity index (χ0n) is 14.4. The summed E-state index contributed by atoms with van der Waals surface area (Å²) in [7, 11) is 1.51. The average molecular weight is 349 g/mol. The molecule has 0 atom stereocenters. The lowest BCUT2D eigenvalue weighted by molar-refractivity contribution is 0.0997. The fourth-order valence-electron chi connectivity index (χ4n) is 3.28.